The summed E-state index contributed by atoms with van der Waals surface area (Å²) in [6.45, 7) is 8.99. The summed E-state index contributed by atoms with van der Waals surface area (Å²) in [7, 11) is 0. The first-order valence-corrected chi connectivity index (χ1v) is 23.9. The van der Waals surface area contributed by atoms with E-state index in [1.165, 1.54) is 161 Å². The topological polar surface area (TPSA) is 78.9 Å². The second-order valence-electron chi connectivity index (χ2n) is 16.9. The molecule has 0 aliphatic rings. The van der Waals surface area contributed by atoms with Gasteiger partial charge in [-0.25, -0.2) is 0 Å². The summed E-state index contributed by atoms with van der Waals surface area (Å²) in [5.74, 6) is -0.0206. The molecule has 1 atom stereocenters. The molecule has 0 saturated carbocycles. The normalized spacial score (nSPS) is 11.9. The number of rotatable bonds is 43. The lowest BCUT2D eigenvalue weighted by atomic mass is 10.0. The van der Waals surface area contributed by atoms with Gasteiger partial charge in [0.05, 0.1) is 0 Å². The summed E-state index contributed by atoms with van der Waals surface area (Å²) in [4.78, 5) is 37.7. The molecule has 0 aromatic rings. The van der Waals surface area contributed by atoms with Crippen molar-refractivity contribution < 1.29 is 28.6 Å². The highest BCUT2D eigenvalue weighted by Gasteiger charge is 2.19. The van der Waals surface area contributed by atoms with Gasteiger partial charge < -0.3 is 14.2 Å². The number of ether oxygens (including phenoxy) is 3. The molecule has 0 radical (unpaired) electrons. The summed E-state index contributed by atoms with van der Waals surface area (Å²) in [6.07, 6.45) is 42.3. The first kappa shape index (κ1) is 52.4. The lowest BCUT2D eigenvalue weighted by Crippen LogP contribution is -2.30. The predicted octanol–water partition coefficient (Wildman–Crippen LogP) is 15.1. The van der Waals surface area contributed by atoms with Crippen molar-refractivity contribution in [3.63, 3.8) is 0 Å². The maximum atomic E-state index is 12.7. The number of esters is 3. The molecule has 0 aromatic carbocycles. The van der Waals surface area contributed by atoms with E-state index in [0.717, 1.165) is 63.7 Å². The summed E-state index contributed by atoms with van der Waals surface area (Å²) < 4.78 is 16.7. The molecule has 0 rings (SSSR count). The van der Waals surface area contributed by atoms with Gasteiger partial charge in [-0.15, -0.1) is 0 Å². The van der Waals surface area contributed by atoms with Crippen molar-refractivity contribution >= 4 is 17.9 Å². The van der Waals surface area contributed by atoms with Crippen molar-refractivity contribution in [2.75, 3.05) is 13.2 Å². The fraction of sp³-hybridized carbons (Fsp3) is 0.938. The maximum Gasteiger partial charge on any atom is 0.306 e. The highest BCUT2D eigenvalue weighted by molar-refractivity contribution is 5.71. The number of hydrogen-bond acceptors (Lipinski definition) is 6. The first-order chi connectivity index (χ1) is 26.4. The van der Waals surface area contributed by atoms with Crippen LogP contribution in [0, 0.1) is 5.92 Å². The van der Waals surface area contributed by atoms with Crippen LogP contribution in [0.5, 0.6) is 0 Å². The predicted molar refractivity (Wildman–Crippen MR) is 229 cm³/mol. The van der Waals surface area contributed by atoms with Crippen LogP contribution < -0.4 is 0 Å². The average molecular weight is 765 g/mol. The van der Waals surface area contributed by atoms with E-state index in [-0.39, 0.29) is 31.1 Å². The Morgan fingerprint density at radius 2 is 0.611 bits per heavy atom. The van der Waals surface area contributed by atoms with Crippen LogP contribution in [0.1, 0.15) is 265 Å². The second kappa shape index (κ2) is 42.6. The lowest BCUT2D eigenvalue weighted by molar-refractivity contribution is -0.167. The lowest BCUT2D eigenvalue weighted by Gasteiger charge is -2.18. The minimum atomic E-state index is -0.759. The van der Waals surface area contributed by atoms with E-state index < -0.39 is 6.10 Å². The number of carbonyl (C=O) groups excluding carboxylic acids is 3. The van der Waals surface area contributed by atoms with Gasteiger partial charge in [-0.05, 0) is 25.2 Å². The molecule has 0 heterocycles. The molecular formula is C48H92O6. The monoisotopic (exact) mass is 765 g/mol. The molecule has 0 saturated heterocycles. The van der Waals surface area contributed by atoms with Crippen molar-refractivity contribution in [1.29, 1.82) is 0 Å². The molecular weight excluding hydrogens is 673 g/mol. The third-order valence-corrected chi connectivity index (χ3v) is 10.8. The molecule has 0 aliphatic carbocycles. The smallest absolute Gasteiger partial charge is 0.306 e. The van der Waals surface area contributed by atoms with Crippen LogP contribution in [-0.4, -0.2) is 37.2 Å². The van der Waals surface area contributed by atoms with Gasteiger partial charge in [0, 0.05) is 19.3 Å². The molecule has 0 amide bonds. The van der Waals surface area contributed by atoms with E-state index >= 15 is 0 Å². The fourth-order valence-corrected chi connectivity index (χ4v) is 7.16. The van der Waals surface area contributed by atoms with Crippen LogP contribution in [0.3, 0.4) is 0 Å². The van der Waals surface area contributed by atoms with Gasteiger partial charge in [0.25, 0.3) is 0 Å². The van der Waals surface area contributed by atoms with Crippen LogP contribution in [0.25, 0.3) is 0 Å². The van der Waals surface area contributed by atoms with Crippen LogP contribution in [-0.2, 0) is 28.6 Å². The van der Waals surface area contributed by atoms with E-state index in [1.807, 2.05) is 0 Å². The standard InChI is InChI=1S/C48H92O6/c1-5-7-9-11-13-15-16-20-24-28-32-36-40-47(50)53-43-45(42-52-46(49)39-35-31-27-22-14-12-10-8-6-2)54-48(51)41-37-33-29-25-21-18-17-19-23-26-30-34-38-44(3)4/h44-45H,5-43H2,1-4H3/t45-/m0/s1. The highest BCUT2D eigenvalue weighted by Crippen LogP contribution is 2.16. The average Bonchev–Trinajstić information content (AvgIpc) is 3.15. The molecule has 0 aromatic heterocycles. The van der Waals surface area contributed by atoms with Crippen LogP contribution >= 0.6 is 0 Å². The maximum absolute atomic E-state index is 12.7. The fourth-order valence-electron chi connectivity index (χ4n) is 7.16. The molecule has 0 N–H and O–H groups in total. The summed E-state index contributed by atoms with van der Waals surface area (Å²) in [6, 6.07) is 0. The number of unbranched alkanes of at least 4 members (excludes halogenated alkanes) is 30. The van der Waals surface area contributed by atoms with Gasteiger partial charge in [-0.3, -0.25) is 14.4 Å². The van der Waals surface area contributed by atoms with Crippen LogP contribution in [0.15, 0.2) is 0 Å². The van der Waals surface area contributed by atoms with Crippen molar-refractivity contribution in [1.82, 2.24) is 0 Å². The molecule has 54 heavy (non-hydrogen) atoms. The SMILES string of the molecule is CCCCCCCCCCCCCCC(=O)OC[C@H](COC(=O)CCCCCCCCCCC)OC(=O)CCCCCCCCCCCCCCC(C)C. The minimum Gasteiger partial charge on any atom is -0.462 e. The largest absolute Gasteiger partial charge is 0.462 e. The Kier molecular flexibility index (Phi) is 41.3. The quantitative estimate of drug-likeness (QED) is 0.0349. The Balaban J connectivity index is 4.29. The molecule has 0 bridgehead atoms. The zero-order valence-corrected chi connectivity index (χ0v) is 36.7. The molecule has 320 valence electrons. The Morgan fingerprint density at radius 3 is 0.907 bits per heavy atom. The van der Waals surface area contributed by atoms with Crippen molar-refractivity contribution in [2.24, 2.45) is 5.92 Å². The van der Waals surface area contributed by atoms with Crippen molar-refractivity contribution in [3.8, 4) is 0 Å². The van der Waals surface area contributed by atoms with E-state index in [2.05, 4.69) is 27.7 Å². The number of hydrogen-bond donors (Lipinski definition) is 0. The van der Waals surface area contributed by atoms with Gasteiger partial charge in [-0.1, -0.05) is 227 Å². The third kappa shape index (κ3) is 41.6. The molecule has 6 heteroatoms. The minimum absolute atomic E-state index is 0.0634. The molecule has 0 spiro atoms. The highest BCUT2D eigenvalue weighted by atomic mass is 16.6. The van der Waals surface area contributed by atoms with Gasteiger partial charge in [0.2, 0.25) is 0 Å². The molecule has 0 unspecified atom stereocenters. The molecule has 0 fully saturated rings. The van der Waals surface area contributed by atoms with Gasteiger partial charge >= 0.3 is 17.9 Å². The van der Waals surface area contributed by atoms with Crippen LogP contribution in [0.4, 0.5) is 0 Å². The molecule has 0 aliphatic heterocycles. The Bertz CT molecular complexity index is 811. The van der Waals surface area contributed by atoms with Crippen molar-refractivity contribution in [2.45, 2.75) is 271 Å². The van der Waals surface area contributed by atoms with Crippen LogP contribution in [0.2, 0.25) is 0 Å². The summed E-state index contributed by atoms with van der Waals surface area (Å²) >= 11 is 0. The van der Waals surface area contributed by atoms with Gasteiger partial charge in [0.1, 0.15) is 13.2 Å². The Labute approximate surface area is 336 Å². The Morgan fingerprint density at radius 1 is 0.352 bits per heavy atom. The summed E-state index contributed by atoms with van der Waals surface area (Å²) in [5.41, 5.74) is 0. The van der Waals surface area contributed by atoms with E-state index in [9.17, 15) is 14.4 Å². The van der Waals surface area contributed by atoms with Gasteiger partial charge in [-0.2, -0.15) is 0 Å². The first-order valence-electron chi connectivity index (χ1n) is 23.9. The van der Waals surface area contributed by atoms with E-state index in [0.29, 0.717) is 19.3 Å². The van der Waals surface area contributed by atoms with E-state index in [4.69, 9.17) is 14.2 Å². The number of carbonyl (C=O) groups is 3. The van der Waals surface area contributed by atoms with Crippen molar-refractivity contribution in [3.05, 3.63) is 0 Å². The molecule has 6 nitrogen and oxygen atoms in total. The van der Waals surface area contributed by atoms with Gasteiger partial charge in [0.15, 0.2) is 6.10 Å². The summed E-state index contributed by atoms with van der Waals surface area (Å²) in [5, 5.41) is 0. The Hall–Kier alpha value is -1.59. The zero-order chi connectivity index (χ0) is 39.6. The van der Waals surface area contributed by atoms with E-state index in [1.54, 1.807) is 0 Å². The second-order valence-corrected chi connectivity index (χ2v) is 16.9. The zero-order valence-electron chi connectivity index (χ0n) is 36.7. The third-order valence-electron chi connectivity index (χ3n) is 10.8.